The number of ether oxygens (including phenoxy) is 1. The van der Waals surface area contributed by atoms with Gasteiger partial charge in [0.15, 0.2) is 0 Å². The van der Waals surface area contributed by atoms with Crippen LogP contribution >= 0.6 is 11.6 Å². The first-order valence-corrected chi connectivity index (χ1v) is 9.04. The van der Waals surface area contributed by atoms with Crippen LogP contribution in [-0.2, 0) is 9.59 Å². The van der Waals surface area contributed by atoms with Crippen molar-refractivity contribution < 1.29 is 14.3 Å². The number of primary amides is 1. The lowest BCUT2D eigenvalue weighted by Gasteiger charge is -2.25. The number of para-hydroxylation sites is 2. The number of carbonyl (C=O) groups excluding carboxylic acids is 2. The molecule has 0 aliphatic rings. The third-order valence-corrected chi connectivity index (χ3v) is 4.24. The molecule has 7 heteroatoms. The molecule has 0 heterocycles. The number of anilines is 1. The van der Waals surface area contributed by atoms with Gasteiger partial charge in [0.1, 0.15) is 12.4 Å². The van der Waals surface area contributed by atoms with Gasteiger partial charge in [-0.2, -0.15) is 0 Å². The molecule has 0 radical (unpaired) electrons. The number of likely N-dealkylation sites (N-methyl/N-ethyl adjacent to an activating group) is 1. The summed E-state index contributed by atoms with van der Waals surface area (Å²) in [5, 5.41) is 0.554. The van der Waals surface area contributed by atoms with Crippen LogP contribution in [0.4, 0.5) is 5.69 Å². The summed E-state index contributed by atoms with van der Waals surface area (Å²) in [6.45, 7) is 1.40. The molecule has 2 N–H and O–H groups in total. The molecule has 0 aromatic heterocycles. The van der Waals surface area contributed by atoms with Crippen LogP contribution < -0.4 is 15.4 Å². The Morgan fingerprint density at radius 3 is 2.37 bits per heavy atom. The smallest absolute Gasteiger partial charge is 0.241 e. The normalized spacial score (nSPS) is 10.6. The Morgan fingerprint density at radius 2 is 1.70 bits per heavy atom. The van der Waals surface area contributed by atoms with Crippen LogP contribution in [0, 0.1) is 0 Å². The minimum Gasteiger partial charge on any atom is -0.491 e. The highest BCUT2D eigenvalue weighted by molar-refractivity contribution is 6.32. The lowest BCUT2D eigenvalue weighted by Crippen LogP contribution is -2.41. The molecule has 2 amide bonds. The second-order valence-corrected chi connectivity index (χ2v) is 6.52. The van der Waals surface area contributed by atoms with E-state index < -0.39 is 5.91 Å². The van der Waals surface area contributed by atoms with Crippen LogP contribution in [-0.4, -0.2) is 50.0 Å². The molecule has 0 spiro atoms. The minimum absolute atomic E-state index is 0.109. The molecular weight excluding hydrogens is 366 g/mol. The van der Waals surface area contributed by atoms with E-state index in [9.17, 15) is 9.59 Å². The maximum absolute atomic E-state index is 12.7. The van der Waals surface area contributed by atoms with E-state index in [4.69, 9.17) is 22.1 Å². The lowest BCUT2D eigenvalue weighted by atomic mass is 10.2. The molecule has 2 rings (SSSR count). The number of benzene rings is 2. The van der Waals surface area contributed by atoms with Crippen LogP contribution in [0.5, 0.6) is 5.75 Å². The molecule has 0 fully saturated rings. The van der Waals surface area contributed by atoms with Crippen molar-refractivity contribution in [3.05, 3.63) is 59.6 Å². The second-order valence-electron chi connectivity index (χ2n) is 6.11. The van der Waals surface area contributed by atoms with E-state index in [2.05, 4.69) is 0 Å². The Kier molecular flexibility index (Phi) is 8.10. The third-order valence-electron chi connectivity index (χ3n) is 3.92. The Bertz CT molecular complexity index is 755. The van der Waals surface area contributed by atoms with Gasteiger partial charge in [-0.25, -0.2) is 0 Å². The van der Waals surface area contributed by atoms with Crippen LogP contribution in [0.3, 0.4) is 0 Å². The van der Waals surface area contributed by atoms with E-state index in [1.807, 2.05) is 54.4 Å². The van der Waals surface area contributed by atoms with E-state index in [1.54, 1.807) is 17.0 Å². The summed E-state index contributed by atoms with van der Waals surface area (Å²) >= 11 is 6.06. The highest BCUT2D eigenvalue weighted by Gasteiger charge is 2.18. The first kappa shape index (κ1) is 20.7. The number of nitrogens with two attached hydrogens (primary N) is 1. The summed E-state index contributed by atoms with van der Waals surface area (Å²) in [6.07, 6.45) is 0.111. The van der Waals surface area contributed by atoms with Crippen molar-refractivity contribution in [2.24, 2.45) is 5.73 Å². The zero-order valence-electron chi connectivity index (χ0n) is 15.3. The van der Waals surface area contributed by atoms with E-state index in [0.717, 1.165) is 5.69 Å². The molecule has 0 saturated heterocycles. The first-order valence-electron chi connectivity index (χ1n) is 8.67. The molecule has 0 saturated carbocycles. The van der Waals surface area contributed by atoms with Crippen LogP contribution in [0.1, 0.15) is 6.42 Å². The quantitative estimate of drug-likeness (QED) is 0.677. The molecule has 0 aliphatic heterocycles. The van der Waals surface area contributed by atoms with Crippen molar-refractivity contribution in [1.82, 2.24) is 4.90 Å². The zero-order chi connectivity index (χ0) is 19.6. The van der Waals surface area contributed by atoms with Crippen molar-refractivity contribution in [2.45, 2.75) is 6.42 Å². The molecule has 0 bridgehead atoms. The molecule has 0 unspecified atom stereocenters. The van der Waals surface area contributed by atoms with Crippen molar-refractivity contribution in [3.63, 3.8) is 0 Å². The fourth-order valence-electron chi connectivity index (χ4n) is 2.50. The first-order chi connectivity index (χ1) is 13.0. The van der Waals surface area contributed by atoms with Crippen molar-refractivity contribution in [3.8, 4) is 5.75 Å². The van der Waals surface area contributed by atoms with Crippen LogP contribution in [0.25, 0.3) is 0 Å². The monoisotopic (exact) mass is 389 g/mol. The number of rotatable bonds is 10. The summed E-state index contributed by atoms with van der Waals surface area (Å²) in [5.41, 5.74) is 5.98. The maximum Gasteiger partial charge on any atom is 0.241 e. The number of carbonyl (C=O) groups is 2. The minimum atomic E-state index is -0.440. The largest absolute Gasteiger partial charge is 0.491 e. The lowest BCUT2D eigenvalue weighted by molar-refractivity contribution is -0.119. The predicted octanol–water partition coefficient (Wildman–Crippen LogP) is 2.56. The van der Waals surface area contributed by atoms with Gasteiger partial charge in [-0.05, 0) is 31.3 Å². The highest BCUT2D eigenvalue weighted by atomic mass is 35.5. The number of hydrogen-bond acceptors (Lipinski definition) is 4. The summed E-state index contributed by atoms with van der Waals surface area (Å²) in [6, 6.07) is 16.5. The van der Waals surface area contributed by atoms with Crippen molar-refractivity contribution in [2.75, 3.05) is 38.2 Å². The van der Waals surface area contributed by atoms with Gasteiger partial charge in [-0.15, -0.1) is 0 Å². The number of amides is 2. The SMILES string of the molecule is CN(CCOc1ccccc1Cl)CC(=O)N(CCC(N)=O)c1ccccc1. The average molecular weight is 390 g/mol. The topological polar surface area (TPSA) is 75.9 Å². The number of nitrogens with zero attached hydrogens (tertiary/aromatic N) is 2. The zero-order valence-corrected chi connectivity index (χ0v) is 16.1. The number of hydrogen-bond donors (Lipinski definition) is 1. The average Bonchev–Trinajstić information content (AvgIpc) is 2.64. The molecular formula is C20H24ClN3O3. The Labute approximate surface area is 164 Å². The Morgan fingerprint density at radius 1 is 1.04 bits per heavy atom. The van der Waals surface area contributed by atoms with Gasteiger partial charge in [0, 0.05) is 25.2 Å². The molecule has 0 atom stereocenters. The van der Waals surface area contributed by atoms with E-state index in [1.165, 1.54) is 0 Å². The van der Waals surface area contributed by atoms with Gasteiger partial charge < -0.3 is 15.4 Å². The molecule has 2 aromatic rings. The van der Waals surface area contributed by atoms with Crippen LogP contribution in [0.15, 0.2) is 54.6 Å². The van der Waals surface area contributed by atoms with Gasteiger partial charge >= 0.3 is 0 Å². The highest BCUT2D eigenvalue weighted by Crippen LogP contribution is 2.22. The molecule has 2 aromatic carbocycles. The second kappa shape index (κ2) is 10.5. The van der Waals surface area contributed by atoms with Gasteiger partial charge in [0.05, 0.1) is 11.6 Å². The van der Waals surface area contributed by atoms with Crippen molar-refractivity contribution in [1.29, 1.82) is 0 Å². The van der Waals surface area contributed by atoms with E-state index in [0.29, 0.717) is 23.9 Å². The number of halogens is 1. The molecule has 144 valence electrons. The van der Waals surface area contributed by atoms with Gasteiger partial charge in [0.25, 0.3) is 0 Å². The Hall–Kier alpha value is -2.57. The summed E-state index contributed by atoms with van der Waals surface area (Å²) in [4.78, 5) is 27.3. The summed E-state index contributed by atoms with van der Waals surface area (Å²) < 4.78 is 5.65. The van der Waals surface area contributed by atoms with E-state index >= 15 is 0 Å². The van der Waals surface area contributed by atoms with Crippen LogP contribution in [0.2, 0.25) is 5.02 Å². The van der Waals surface area contributed by atoms with E-state index in [-0.39, 0.29) is 25.4 Å². The predicted molar refractivity (Wildman–Crippen MR) is 107 cm³/mol. The van der Waals surface area contributed by atoms with Gasteiger partial charge in [-0.3, -0.25) is 14.5 Å². The third kappa shape index (κ3) is 6.92. The molecule has 0 aliphatic carbocycles. The molecule has 27 heavy (non-hydrogen) atoms. The standard InChI is InChI=1S/C20H24ClN3O3/c1-23(13-14-27-18-10-6-5-9-17(18)21)15-20(26)24(12-11-19(22)25)16-7-3-2-4-8-16/h2-10H,11-15H2,1H3,(H2,22,25). The van der Waals surface area contributed by atoms with Gasteiger partial charge in [-0.1, -0.05) is 41.9 Å². The summed E-state index contributed by atoms with van der Waals surface area (Å²) in [5.74, 6) is 0.0687. The fraction of sp³-hybridized carbons (Fsp3) is 0.300. The fourth-order valence-corrected chi connectivity index (χ4v) is 2.69. The maximum atomic E-state index is 12.7. The van der Waals surface area contributed by atoms with Gasteiger partial charge in [0.2, 0.25) is 11.8 Å². The van der Waals surface area contributed by atoms with Crippen molar-refractivity contribution >= 4 is 29.1 Å². The Balaban J connectivity index is 1.89. The molecule has 6 nitrogen and oxygen atoms in total. The summed E-state index contributed by atoms with van der Waals surface area (Å²) in [7, 11) is 1.84.